The van der Waals surface area contributed by atoms with Crippen LogP contribution in [0.3, 0.4) is 0 Å². The number of carbonyl (C=O) groups excluding carboxylic acids is 1. The second-order valence-corrected chi connectivity index (χ2v) is 7.17. The molecule has 2 amide bonds. The van der Waals surface area contributed by atoms with Gasteiger partial charge in [-0.05, 0) is 23.8 Å². The number of aromatic nitrogens is 2. The maximum atomic E-state index is 12.9. The number of nitrogens with two attached hydrogens (primary N) is 1. The van der Waals surface area contributed by atoms with Crippen LogP contribution in [-0.4, -0.2) is 61.3 Å². The summed E-state index contributed by atoms with van der Waals surface area (Å²) in [6, 6.07) is 13.2. The van der Waals surface area contributed by atoms with Gasteiger partial charge in [0, 0.05) is 44.5 Å². The number of amides is 2. The number of fused-ring (bicyclic) bond motifs is 1. The van der Waals surface area contributed by atoms with Gasteiger partial charge in [0.2, 0.25) is 0 Å². The van der Waals surface area contributed by atoms with Gasteiger partial charge in [0.25, 0.3) is 5.88 Å². The molecule has 1 aliphatic heterocycles. The number of urea groups is 1. The standard InChI is InChI=1S/C22H26N6O3/c1-30-16-7-8-17-18(13-16)25-21(31-2)20(24-17)26-22(29)28-11-9-27(10-12-28)19-6-4-3-5-15(19)14-23/h3-8,13H,9-12,14,23H2,1-2H3,(H,24,26,29). The Bertz CT molecular complexity index is 1080. The minimum Gasteiger partial charge on any atom is -0.497 e. The first kappa shape index (κ1) is 20.7. The number of nitrogens with zero attached hydrogens (tertiary/aromatic N) is 4. The lowest BCUT2D eigenvalue weighted by Gasteiger charge is -2.36. The second kappa shape index (κ2) is 9.05. The summed E-state index contributed by atoms with van der Waals surface area (Å²) in [6.45, 7) is 3.12. The van der Waals surface area contributed by atoms with Crippen LogP contribution in [-0.2, 0) is 6.54 Å². The van der Waals surface area contributed by atoms with Gasteiger partial charge < -0.3 is 25.0 Å². The first-order chi connectivity index (χ1) is 15.1. The van der Waals surface area contributed by atoms with E-state index in [1.807, 2.05) is 18.2 Å². The summed E-state index contributed by atoms with van der Waals surface area (Å²) in [6.07, 6.45) is 0. The molecule has 0 spiro atoms. The maximum absolute atomic E-state index is 12.9. The van der Waals surface area contributed by atoms with E-state index in [1.54, 1.807) is 30.2 Å². The molecule has 1 aromatic heterocycles. The third-order valence-electron chi connectivity index (χ3n) is 5.38. The highest BCUT2D eigenvalue weighted by Crippen LogP contribution is 2.26. The van der Waals surface area contributed by atoms with E-state index in [2.05, 4.69) is 26.3 Å². The third-order valence-corrected chi connectivity index (χ3v) is 5.38. The predicted octanol–water partition coefficient (Wildman–Crippen LogP) is 2.46. The SMILES string of the molecule is COc1ccc2nc(NC(=O)N3CCN(c4ccccc4CN)CC3)c(OC)nc2c1. The predicted molar refractivity (Wildman–Crippen MR) is 120 cm³/mol. The van der Waals surface area contributed by atoms with Crippen LogP contribution in [0.15, 0.2) is 42.5 Å². The molecule has 0 bridgehead atoms. The molecule has 0 saturated carbocycles. The van der Waals surface area contributed by atoms with Crippen LogP contribution in [0.2, 0.25) is 0 Å². The second-order valence-electron chi connectivity index (χ2n) is 7.17. The fourth-order valence-electron chi connectivity index (χ4n) is 3.69. The largest absolute Gasteiger partial charge is 0.497 e. The lowest BCUT2D eigenvalue weighted by Crippen LogP contribution is -2.50. The number of ether oxygens (including phenoxy) is 2. The van der Waals surface area contributed by atoms with Crippen LogP contribution in [0.5, 0.6) is 11.6 Å². The minimum absolute atomic E-state index is 0.229. The normalized spacial score (nSPS) is 13.9. The van der Waals surface area contributed by atoms with E-state index in [9.17, 15) is 4.79 Å². The van der Waals surface area contributed by atoms with Crippen molar-refractivity contribution < 1.29 is 14.3 Å². The van der Waals surface area contributed by atoms with E-state index in [-0.39, 0.29) is 11.9 Å². The molecule has 1 fully saturated rings. The van der Waals surface area contributed by atoms with E-state index in [4.69, 9.17) is 15.2 Å². The Balaban J connectivity index is 1.46. The van der Waals surface area contributed by atoms with Crippen molar-refractivity contribution in [2.75, 3.05) is 50.6 Å². The molecule has 2 aromatic carbocycles. The van der Waals surface area contributed by atoms with Crippen molar-refractivity contribution in [3.63, 3.8) is 0 Å². The summed E-state index contributed by atoms with van der Waals surface area (Å²) >= 11 is 0. The van der Waals surface area contributed by atoms with Gasteiger partial charge in [-0.15, -0.1) is 0 Å². The van der Waals surface area contributed by atoms with Crippen molar-refractivity contribution in [3.8, 4) is 11.6 Å². The molecular weight excluding hydrogens is 396 g/mol. The van der Waals surface area contributed by atoms with Crippen LogP contribution >= 0.6 is 0 Å². The quantitative estimate of drug-likeness (QED) is 0.651. The maximum Gasteiger partial charge on any atom is 0.323 e. The molecule has 3 aromatic rings. The zero-order valence-electron chi connectivity index (χ0n) is 17.7. The average molecular weight is 422 g/mol. The van der Waals surface area contributed by atoms with Crippen molar-refractivity contribution in [2.24, 2.45) is 5.73 Å². The Labute approximate surface area is 180 Å². The van der Waals surface area contributed by atoms with Gasteiger partial charge in [0.15, 0.2) is 5.82 Å². The molecule has 9 heteroatoms. The third kappa shape index (κ3) is 4.31. The highest BCUT2D eigenvalue weighted by atomic mass is 16.5. The average Bonchev–Trinajstić information content (AvgIpc) is 2.83. The Morgan fingerprint density at radius 3 is 2.52 bits per heavy atom. The Morgan fingerprint density at radius 2 is 1.81 bits per heavy atom. The van der Waals surface area contributed by atoms with Crippen LogP contribution in [0.4, 0.5) is 16.3 Å². The number of anilines is 2. The molecule has 9 nitrogen and oxygen atoms in total. The van der Waals surface area contributed by atoms with Gasteiger partial charge in [-0.1, -0.05) is 18.2 Å². The van der Waals surface area contributed by atoms with E-state index >= 15 is 0 Å². The Morgan fingerprint density at radius 1 is 1.03 bits per heavy atom. The molecule has 3 N–H and O–H groups in total. The zero-order valence-corrected chi connectivity index (χ0v) is 17.7. The summed E-state index contributed by atoms with van der Waals surface area (Å²) in [5.41, 5.74) is 9.37. The van der Waals surface area contributed by atoms with Gasteiger partial charge in [-0.2, -0.15) is 0 Å². The van der Waals surface area contributed by atoms with Crippen molar-refractivity contribution in [1.29, 1.82) is 0 Å². The number of rotatable bonds is 5. The summed E-state index contributed by atoms with van der Waals surface area (Å²) in [5.74, 6) is 1.22. The molecule has 0 atom stereocenters. The van der Waals surface area contributed by atoms with Crippen molar-refractivity contribution in [2.45, 2.75) is 6.54 Å². The number of hydrogen-bond donors (Lipinski definition) is 2. The van der Waals surface area contributed by atoms with Gasteiger partial charge in [-0.25, -0.2) is 14.8 Å². The fourth-order valence-corrected chi connectivity index (χ4v) is 3.69. The van der Waals surface area contributed by atoms with Gasteiger partial charge in [0.05, 0.1) is 25.3 Å². The molecule has 1 aliphatic rings. The number of piperazine rings is 1. The lowest BCUT2D eigenvalue weighted by atomic mass is 10.1. The summed E-state index contributed by atoms with van der Waals surface area (Å²) in [7, 11) is 3.09. The monoisotopic (exact) mass is 422 g/mol. The zero-order chi connectivity index (χ0) is 21.8. The minimum atomic E-state index is -0.229. The topological polar surface area (TPSA) is 106 Å². The molecule has 0 radical (unpaired) electrons. The van der Waals surface area contributed by atoms with Crippen LogP contribution < -0.4 is 25.4 Å². The highest BCUT2D eigenvalue weighted by Gasteiger charge is 2.24. The smallest absolute Gasteiger partial charge is 0.323 e. The molecule has 162 valence electrons. The number of hydrogen-bond acceptors (Lipinski definition) is 7. The molecule has 0 unspecified atom stereocenters. The number of methoxy groups -OCH3 is 2. The fraction of sp³-hybridized carbons (Fsp3) is 0.318. The molecule has 4 rings (SSSR count). The van der Waals surface area contributed by atoms with Crippen molar-refractivity contribution in [1.82, 2.24) is 14.9 Å². The number of carbonyl (C=O) groups is 1. The first-order valence-corrected chi connectivity index (χ1v) is 10.1. The number of nitrogens with one attached hydrogen (secondary N) is 1. The highest BCUT2D eigenvalue weighted by molar-refractivity contribution is 5.91. The molecule has 1 saturated heterocycles. The van der Waals surface area contributed by atoms with Crippen LogP contribution in [0.25, 0.3) is 11.0 Å². The van der Waals surface area contributed by atoms with Crippen molar-refractivity contribution in [3.05, 3.63) is 48.0 Å². The van der Waals surface area contributed by atoms with Gasteiger partial charge >= 0.3 is 6.03 Å². The van der Waals surface area contributed by atoms with Gasteiger partial charge in [-0.3, -0.25) is 5.32 Å². The summed E-state index contributed by atoms with van der Waals surface area (Å²) in [5, 5.41) is 2.85. The Kier molecular flexibility index (Phi) is 6.03. The molecule has 0 aliphatic carbocycles. The number of para-hydroxylation sites is 1. The lowest BCUT2D eigenvalue weighted by molar-refractivity contribution is 0.208. The number of benzene rings is 2. The van der Waals surface area contributed by atoms with Crippen LogP contribution in [0, 0.1) is 0 Å². The van der Waals surface area contributed by atoms with E-state index in [0.717, 1.165) is 24.3 Å². The first-order valence-electron chi connectivity index (χ1n) is 10.1. The van der Waals surface area contributed by atoms with E-state index in [1.165, 1.54) is 7.11 Å². The van der Waals surface area contributed by atoms with Crippen molar-refractivity contribution >= 4 is 28.6 Å². The summed E-state index contributed by atoms with van der Waals surface area (Å²) in [4.78, 5) is 25.9. The van der Waals surface area contributed by atoms with Gasteiger partial charge in [0.1, 0.15) is 5.75 Å². The molecule has 31 heavy (non-hydrogen) atoms. The Hall–Kier alpha value is -3.59. The summed E-state index contributed by atoms with van der Waals surface area (Å²) < 4.78 is 10.6. The molecule has 2 heterocycles. The van der Waals surface area contributed by atoms with E-state index in [0.29, 0.717) is 42.2 Å². The van der Waals surface area contributed by atoms with E-state index < -0.39 is 0 Å². The van der Waals surface area contributed by atoms with Crippen LogP contribution in [0.1, 0.15) is 5.56 Å². The molecular formula is C22H26N6O3.